The van der Waals surface area contributed by atoms with E-state index >= 15 is 0 Å². The standard InChI is InChI=1S/C22H28N8S/c1-13(2)21(23)17-11-25-20(9-18(17)27-14(3)4)28-19-7-8-24-22(29-19)15-10-26-30(12-15)31-16-5-6-16/h7-14,16,23H,5-6H2,1-4H3,(H2,24,25,27,28,29). The Morgan fingerprint density at radius 3 is 2.68 bits per heavy atom. The largest absolute Gasteiger partial charge is 0.382 e. The Hall–Kier alpha value is -2.94. The van der Waals surface area contributed by atoms with Gasteiger partial charge < -0.3 is 16.0 Å². The predicted octanol–water partition coefficient (Wildman–Crippen LogP) is 4.98. The van der Waals surface area contributed by atoms with Crippen molar-refractivity contribution in [1.29, 1.82) is 5.41 Å². The zero-order valence-corrected chi connectivity index (χ0v) is 19.1. The molecule has 3 heterocycles. The van der Waals surface area contributed by atoms with Gasteiger partial charge in [-0.3, -0.25) is 0 Å². The van der Waals surface area contributed by atoms with Crippen LogP contribution in [0.4, 0.5) is 17.3 Å². The van der Waals surface area contributed by atoms with Crippen LogP contribution < -0.4 is 10.6 Å². The van der Waals surface area contributed by atoms with Crippen LogP contribution in [0.3, 0.4) is 0 Å². The van der Waals surface area contributed by atoms with Gasteiger partial charge in [-0.05, 0) is 50.6 Å². The zero-order valence-electron chi connectivity index (χ0n) is 18.3. The first-order valence-electron chi connectivity index (χ1n) is 10.6. The Kier molecular flexibility index (Phi) is 6.22. The summed E-state index contributed by atoms with van der Waals surface area (Å²) in [6.07, 6.45) is 9.75. The fraction of sp³-hybridized carbons (Fsp3) is 0.409. The summed E-state index contributed by atoms with van der Waals surface area (Å²) < 4.78 is 1.89. The summed E-state index contributed by atoms with van der Waals surface area (Å²) in [5.41, 5.74) is 3.15. The molecule has 31 heavy (non-hydrogen) atoms. The van der Waals surface area contributed by atoms with Crippen molar-refractivity contribution in [2.75, 3.05) is 10.6 Å². The van der Waals surface area contributed by atoms with Gasteiger partial charge in [-0.2, -0.15) is 5.10 Å². The molecule has 3 aromatic heterocycles. The van der Waals surface area contributed by atoms with Crippen molar-refractivity contribution in [2.45, 2.75) is 51.8 Å². The van der Waals surface area contributed by atoms with Crippen LogP contribution in [-0.4, -0.2) is 41.1 Å². The Bertz CT molecular complexity index is 1070. The topological polar surface area (TPSA) is 104 Å². The third-order valence-corrected chi connectivity index (χ3v) is 5.91. The average Bonchev–Trinajstić information content (AvgIpc) is 3.41. The van der Waals surface area contributed by atoms with Gasteiger partial charge in [0.1, 0.15) is 11.6 Å². The summed E-state index contributed by atoms with van der Waals surface area (Å²) in [6.45, 7) is 8.19. The highest BCUT2D eigenvalue weighted by Gasteiger charge is 2.23. The molecule has 0 unspecified atom stereocenters. The fourth-order valence-electron chi connectivity index (χ4n) is 2.98. The van der Waals surface area contributed by atoms with E-state index in [1.807, 2.05) is 36.3 Å². The molecule has 9 heteroatoms. The van der Waals surface area contributed by atoms with Crippen molar-refractivity contribution < 1.29 is 0 Å². The van der Waals surface area contributed by atoms with Crippen LogP contribution in [-0.2, 0) is 0 Å². The van der Waals surface area contributed by atoms with Gasteiger partial charge in [0.25, 0.3) is 0 Å². The number of aromatic nitrogens is 5. The lowest BCUT2D eigenvalue weighted by Gasteiger charge is -2.18. The second-order valence-electron chi connectivity index (χ2n) is 8.31. The van der Waals surface area contributed by atoms with Crippen molar-refractivity contribution in [3.63, 3.8) is 0 Å². The number of rotatable bonds is 9. The SMILES string of the molecule is CC(C)Nc1cc(Nc2ccnc(-c3cnn(SC4CC4)c3)n2)ncc1C(=N)C(C)C. The fourth-order valence-corrected chi connectivity index (χ4v) is 3.91. The summed E-state index contributed by atoms with van der Waals surface area (Å²) in [6, 6.07) is 3.98. The maximum Gasteiger partial charge on any atom is 0.164 e. The van der Waals surface area contributed by atoms with Crippen LogP contribution in [0.15, 0.2) is 36.9 Å². The van der Waals surface area contributed by atoms with E-state index in [0.717, 1.165) is 16.8 Å². The van der Waals surface area contributed by atoms with Gasteiger partial charge in [-0.15, -0.1) is 0 Å². The second-order valence-corrected chi connectivity index (χ2v) is 9.56. The first kappa shape index (κ1) is 21.3. The molecule has 162 valence electrons. The van der Waals surface area contributed by atoms with Gasteiger partial charge in [-0.25, -0.2) is 19.0 Å². The average molecular weight is 437 g/mol. The summed E-state index contributed by atoms with van der Waals surface area (Å²) in [4.78, 5) is 13.6. The molecule has 1 aliphatic carbocycles. The highest BCUT2D eigenvalue weighted by molar-refractivity contribution is 7.98. The van der Waals surface area contributed by atoms with E-state index in [1.54, 1.807) is 30.5 Å². The van der Waals surface area contributed by atoms with Crippen molar-refractivity contribution in [3.8, 4) is 11.4 Å². The molecule has 8 nitrogen and oxygen atoms in total. The van der Waals surface area contributed by atoms with E-state index in [0.29, 0.717) is 28.4 Å². The number of anilines is 3. The van der Waals surface area contributed by atoms with Gasteiger partial charge in [0.15, 0.2) is 5.82 Å². The van der Waals surface area contributed by atoms with E-state index < -0.39 is 0 Å². The molecule has 0 bridgehead atoms. The minimum atomic E-state index is 0.122. The molecule has 1 saturated carbocycles. The highest BCUT2D eigenvalue weighted by atomic mass is 32.2. The molecule has 0 atom stereocenters. The van der Waals surface area contributed by atoms with Crippen LogP contribution >= 0.6 is 11.9 Å². The highest BCUT2D eigenvalue weighted by Crippen LogP contribution is 2.35. The molecular weight excluding hydrogens is 408 g/mol. The molecule has 4 rings (SSSR count). The smallest absolute Gasteiger partial charge is 0.164 e. The number of pyridine rings is 1. The van der Waals surface area contributed by atoms with Gasteiger partial charge in [-0.1, -0.05) is 13.8 Å². The molecule has 0 amide bonds. The zero-order chi connectivity index (χ0) is 22.0. The molecule has 0 saturated heterocycles. The third kappa shape index (κ3) is 5.41. The minimum Gasteiger partial charge on any atom is -0.382 e. The van der Waals surface area contributed by atoms with Gasteiger partial charge >= 0.3 is 0 Å². The molecule has 0 aromatic carbocycles. The van der Waals surface area contributed by atoms with E-state index in [-0.39, 0.29) is 12.0 Å². The lowest BCUT2D eigenvalue weighted by atomic mass is 10.00. The monoisotopic (exact) mass is 436 g/mol. The molecule has 3 N–H and O–H groups in total. The van der Waals surface area contributed by atoms with E-state index in [9.17, 15) is 0 Å². The van der Waals surface area contributed by atoms with Crippen molar-refractivity contribution in [1.82, 2.24) is 24.1 Å². The lowest BCUT2D eigenvalue weighted by Crippen LogP contribution is -2.17. The summed E-state index contributed by atoms with van der Waals surface area (Å²) in [7, 11) is 0. The molecule has 0 spiro atoms. The Morgan fingerprint density at radius 1 is 1.16 bits per heavy atom. The number of nitrogens with one attached hydrogen (secondary N) is 3. The van der Waals surface area contributed by atoms with Crippen LogP contribution in [0.2, 0.25) is 0 Å². The van der Waals surface area contributed by atoms with Gasteiger partial charge in [0.2, 0.25) is 0 Å². The molecule has 1 aliphatic rings. The van der Waals surface area contributed by atoms with Crippen LogP contribution in [0.5, 0.6) is 0 Å². The predicted molar refractivity (Wildman–Crippen MR) is 127 cm³/mol. The maximum atomic E-state index is 8.40. The molecule has 0 aliphatic heterocycles. The second kappa shape index (κ2) is 9.05. The Labute approximate surface area is 186 Å². The van der Waals surface area contributed by atoms with E-state index in [1.165, 1.54) is 12.8 Å². The number of nitrogens with zero attached hydrogens (tertiary/aromatic N) is 5. The van der Waals surface area contributed by atoms with Crippen LogP contribution in [0.1, 0.15) is 46.1 Å². The van der Waals surface area contributed by atoms with Crippen molar-refractivity contribution in [3.05, 3.63) is 42.5 Å². The first-order chi connectivity index (χ1) is 14.9. The van der Waals surface area contributed by atoms with E-state index in [4.69, 9.17) is 5.41 Å². The maximum absolute atomic E-state index is 8.40. The number of hydrogen-bond donors (Lipinski definition) is 3. The molecule has 0 radical (unpaired) electrons. The minimum absolute atomic E-state index is 0.122. The summed E-state index contributed by atoms with van der Waals surface area (Å²) in [5.74, 6) is 2.05. The van der Waals surface area contributed by atoms with Crippen molar-refractivity contribution in [2.24, 2.45) is 5.92 Å². The van der Waals surface area contributed by atoms with Crippen molar-refractivity contribution >= 4 is 35.0 Å². The van der Waals surface area contributed by atoms with Crippen LogP contribution in [0.25, 0.3) is 11.4 Å². The van der Waals surface area contributed by atoms with Crippen LogP contribution in [0, 0.1) is 11.3 Å². The van der Waals surface area contributed by atoms with Gasteiger partial charge in [0, 0.05) is 52.9 Å². The summed E-state index contributed by atoms with van der Waals surface area (Å²) >= 11 is 1.74. The van der Waals surface area contributed by atoms with E-state index in [2.05, 4.69) is 44.5 Å². The quantitative estimate of drug-likeness (QED) is 0.406. The Balaban J connectivity index is 1.55. The first-order valence-corrected chi connectivity index (χ1v) is 11.4. The molecular formula is C22H28N8S. The third-order valence-electron chi connectivity index (χ3n) is 4.73. The lowest BCUT2D eigenvalue weighted by molar-refractivity contribution is 0.871. The molecule has 3 aromatic rings. The van der Waals surface area contributed by atoms with Gasteiger partial charge in [0.05, 0.1) is 11.8 Å². The molecule has 1 fully saturated rings. The normalized spacial score (nSPS) is 13.6. The summed E-state index contributed by atoms with van der Waals surface area (Å²) in [5, 5.41) is 20.2. The number of hydrogen-bond acceptors (Lipinski definition) is 8. The Morgan fingerprint density at radius 2 is 1.97 bits per heavy atom.